The molecule has 3 rings (SSSR count). The minimum Gasteiger partial charge on any atom is -0.493 e. The number of benzene rings is 3. The molecule has 0 aromatic heterocycles. The van der Waals surface area contributed by atoms with Crippen LogP contribution >= 0.6 is 0 Å². The van der Waals surface area contributed by atoms with Crippen molar-refractivity contribution in [2.45, 2.75) is 0 Å². The number of rotatable bonds is 9. The minimum absolute atomic E-state index is 0.229. The van der Waals surface area contributed by atoms with Crippen molar-refractivity contribution in [3.05, 3.63) is 83.9 Å². The van der Waals surface area contributed by atoms with Gasteiger partial charge < -0.3 is 19.0 Å². The largest absolute Gasteiger partial charge is 0.493 e. The van der Waals surface area contributed by atoms with Crippen LogP contribution in [0.2, 0.25) is 0 Å². The summed E-state index contributed by atoms with van der Waals surface area (Å²) in [5.41, 5.74) is 4.62. The maximum Gasteiger partial charge on any atom is 0.355 e. The zero-order valence-corrected chi connectivity index (χ0v) is 18.8. The molecule has 0 bridgehead atoms. The van der Waals surface area contributed by atoms with Crippen LogP contribution in [-0.2, 0) is 9.63 Å². The molecule has 0 aliphatic heterocycles. The summed E-state index contributed by atoms with van der Waals surface area (Å²) in [7, 11) is 4.39. The van der Waals surface area contributed by atoms with Crippen molar-refractivity contribution >= 4 is 29.3 Å². The fourth-order valence-electron chi connectivity index (χ4n) is 2.83. The van der Waals surface area contributed by atoms with Gasteiger partial charge in [0.05, 0.1) is 38.3 Å². The lowest BCUT2D eigenvalue weighted by Gasteiger charge is -2.12. The molecule has 1 N–H and O–H groups in total. The van der Waals surface area contributed by atoms with E-state index < -0.39 is 11.9 Å². The zero-order chi connectivity index (χ0) is 24.3. The van der Waals surface area contributed by atoms with Gasteiger partial charge in [-0.1, -0.05) is 30.3 Å². The second-order valence-electron chi connectivity index (χ2n) is 6.73. The van der Waals surface area contributed by atoms with E-state index in [-0.39, 0.29) is 5.56 Å². The van der Waals surface area contributed by atoms with Crippen molar-refractivity contribution < 1.29 is 28.6 Å². The first-order chi connectivity index (χ1) is 16.5. The highest BCUT2D eigenvalue weighted by Gasteiger charge is 2.16. The fraction of sp³-hybridized carbons (Fsp3) is 0.120. The Hall–Kier alpha value is -4.66. The Labute approximate surface area is 196 Å². The molecule has 9 nitrogen and oxygen atoms in total. The Morgan fingerprint density at radius 1 is 0.853 bits per heavy atom. The molecule has 0 unspecified atom stereocenters. The summed E-state index contributed by atoms with van der Waals surface area (Å²) in [4.78, 5) is 29.3. The van der Waals surface area contributed by atoms with Crippen LogP contribution in [0.25, 0.3) is 6.08 Å². The number of ether oxygens (including phenoxy) is 3. The van der Waals surface area contributed by atoms with E-state index in [4.69, 9.17) is 19.0 Å². The van der Waals surface area contributed by atoms with Gasteiger partial charge in [-0.15, -0.1) is 10.2 Å². The first kappa shape index (κ1) is 24.0. The van der Waals surface area contributed by atoms with Gasteiger partial charge in [-0.3, -0.25) is 4.79 Å². The monoisotopic (exact) mass is 461 g/mol. The number of azo groups is 1. The van der Waals surface area contributed by atoms with Crippen LogP contribution in [0.15, 0.2) is 83.0 Å². The number of amides is 1. The van der Waals surface area contributed by atoms with Crippen LogP contribution < -0.4 is 19.7 Å². The molecule has 0 saturated heterocycles. The van der Waals surface area contributed by atoms with Crippen molar-refractivity contribution in [1.29, 1.82) is 0 Å². The molecular weight excluding hydrogens is 438 g/mol. The second-order valence-corrected chi connectivity index (χ2v) is 6.73. The molecule has 0 atom stereocenters. The first-order valence-electron chi connectivity index (χ1n) is 10.1. The predicted octanol–water partition coefficient (Wildman–Crippen LogP) is 5.22. The van der Waals surface area contributed by atoms with Crippen LogP contribution in [0, 0.1) is 0 Å². The fourth-order valence-corrected chi connectivity index (χ4v) is 2.83. The number of nitrogens with zero attached hydrogens (tertiary/aromatic N) is 2. The standard InChI is InChI=1S/C25H23N3O6/c1-31-21-15-18(16-22(32-2)24(21)33-3)25(30)27-26-19-10-12-20(13-11-19)28-34-23(29)14-9-17-7-5-4-6-8-17/h4-16,28H,1-3H3/b14-9-,27-26?. The Bertz CT molecular complexity index is 1170. The normalized spacial score (nSPS) is 10.8. The van der Waals surface area contributed by atoms with E-state index in [0.717, 1.165) is 5.56 Å². The Morgan fingerprint density at radius 3 is 2.09 bits per heavy atom. The van der Waals surface area contributed by atoms with E-state index >= 15 is 0 Å². The molecule has 0 saturated carbocycles. The van der Waals surface area contributed by atoms with Crippen LogP contribution in [0.4, 0.5) is 11.4 Å². The van der Waals surface area contributed by atoms with Crippen molar-refractivity contribution in [3.8, 4) is 17.2 Å². The van der Waals surface area contributed by atoms with Gasteiger partial charge in [0.2, 0.25) is 5.75 Å². The molecule has 34 heavy (non-hydrogen) atoms. The lowest BCUT2D eigenvalue weighted by atomic mass is 10.1. The van der Waals surface area contributed by atoms with E-state index in [9.17, 15) is 9.59 Å². The van der Waals surface area contributed by atoms with Crippen LogP contribution in [0.3, 0.4) is 0 Å². The topological polar surface area (TPSA) is 108 Å². The predicted molar refractivity (Wildman–Crippen MR) is 127 cm³/mol. The van der Waals surface area contributed by atoms with Gasteiger partial charge in [0.25, 0.3) is 5.91 Å². The van der Waals surface area contributed by atoms with Crippen molar-refractivity contribution in [3.63, 3.8) is 0 Å². The number of carbonyl (C=O) groups is 2. The highest BCUT2D eigenvalue weighted by molar-refractivity contribution is 5.96. The summed E-state index contributed by atoms with van der Waals surface area (Å²) >= 11 is 0. The molecule has 0 aliphatic carbocycles. The third kappa shape index (κ3) is 6.42. The van der Waals surface area contributed by atoms with Gasteiger partial charge in [0.15, 0.2) is 11.5 Å². The van der Waals surface area contributed by atoms with E-state index in [1.165, 1.54) is 39.5 Å². The Balaban J connectivity index is 1.59. The van der Waals surface area contributed by atoms with Gasteiger partial charge in [-0.05, 0) is 48.0 Å². The van der Waals surface area contributed by atoms with E-state index in [1.54, 1.807) is 30.3 Å². The average molecular weight is 461 g/mol. The number of hydrogen-bond acceptors (Lipinski definition) is 8. The molecule has 1 amide bonds. The summed E-state index contributed by atoms with van der Waals surface area (Å²) in [5, 5.41) is 7.70. The van der Waals surface area contributed by atoms with Crippen LogP contribution in [0.5, 0.6) is 17.2 Å². The molecule has 3 aromatic carbocycles. The summed E-state index contributed by atoms with van der Waals surface area (Å²) in [6.45, 7) is 0. The molecular formula is C25H23N3O6. The summed E-state index contributed by atoms with van der Waals surface area (Å²) in [5.74, 6) is -0.0880. The second kappa shape index (κ2) is 11.8. The Morgan fingerprint density at radius 2 is 1.50 bits per heavy atom. The molecule has 0 heterocycles. The number of anilines is 1. The zero-order valence-electron chi connectivity index (χ0n) is 18.8. The van der Waals surface area contributed by atoms with Gasteiger partial charge >= 0.3 is 5.97 Å². The summed E-state index contributed by atoms with van der Waals surface area (Å²) < 4.78 is 15.7. The lowest BCUT2D eigenvalue weighted by molar-refractivity contribution is -0.134. The van der Waals surface area contributed by atoms with Gasteiger partial charge in [0, 0.05) is 6.08 Å². The molecule has 0 radical (unpaired) electrons. The maximum absolute atomic E-state index is 12.5. The molecule has 0 spiro atoms. The van der Waals surface area contributed by atoms with E-state index in [0.29, 0.717) is 28.6 Å². The van der Waals surface area contributed by atoms with Crippen molar-refractivity contribution in [2.24, 2.45) is 10.2 Å². The number of carbonyl (C=O) groups excluding carboxylic acids is 2. The SMILES string of the molecule is COc1cc(C(=O)N=Nc2ccc(NOC(=O)/C=C\c3ccccc3)cc2)cc(OC)c1OC. The summed E-state index contributed by atoms with van der Waals surface area (Å²) in [6.07, 6.45) is 2.97. The van der Waals surface area contributed by atoms with Crippen molar-refractivity contribution in [2.75, 3.05) is 26.8 Å². The smallest absolute Gasteiger partial charge is 0.355 e. The average Bonchev–Trinajstić information content (AvgIpc) is 2.89. The van der Waals surface area contributed by atoms with Gasteiger partial charge in [-0.2, -0.15) is 0 Å². The first-order valence-corrected chi connectivity index (χ1v) is 10.1. The number of nitrogens with one attached hydrogen (secondary N) is 1. The minimum atomic E-state index is -0.583. The lowest BCUT2D eigenvalue weighted by Crippen LogP contribution is -2.07. The van der Waals surface area contributed by atoms with Gasteiger partial charge in [0.1, 0.15) is 0 Å². The highest BCUT2D eigenvalue weighted by Crippen LogP contribution is 2.38. The van der Waals surface area contributed by atoms with Crippen LogP contribution in [-0.4, -0.2) is 33.2 Å². The van der Waals surface area contributed by atoms with E-state index in [1.807, 2.05) is 30.3 Å². The third-order valence-electron chi connectivity index (χ3n) is 4.52. The summed E-state index contributed by atoms with van der Waals surface area (Å²) in [6, 6.07) is 18.9. The molecule has 0 fully saturated rings. The molecule has 9 heteroatoms. The third-order valence-corrected chi connectivity index (χ3v) is 4.52. The Kier molecular flexibility index (Phi) is 8.34. The van der Waals surface area contributed by atoms with Gasteiger partial charge in [-0.25, -0.2) is 10.3 Å². The number of methoxy groups -OCH3 is 3. The van der Waals surface area contributed by atoms with E-state index in [2.05, 4.69) is 15.7 Å². The molecule has 3 aromatic rings. The maximum atomic E-state index is 12.5. The molecule has 174 valence electrons. The van der Waals surface area contributed by atoms with Crippen molar-refractivity contribution in [1.82, 2.24) is 0 Å². The quantitative estimate of drug-likeness (QED) is 0.264. The number of hydrogen-bond donors (Lipinski definition) is 1. The molecule has 0 aliphatic rings. The highest BCUT2D eigenvalue weighted by atomic mass is 16.7. The van der Waals surface area contributed by atoms with Crippen LogP contribution in [0.1, 0.15) is 15.9 Å².